The van der Waals surface area contributed by atoms with Crippen molar-refractivity contribution < 1.29 is 9.53 Å². The van der Waals surface area contributed by atoms with Gasteiger partial charge in [0.25, 0.3) is 5.91 Å². The average molecular weight is 279 g/mol. The topological polar surface area (TPSA) is 46.5 Å². The number of hydrogen-bond donors (Lipinski definition) is 1. The van der Waals surface area contributed by atoms with Crippen LogP contribution in [-0.4, -0.2) is 55.8 Å². The van der Waals surface area contributed by atoms with Gasteiger partial charge >= 0.3 is 0 Å². The second-order valence-corrected chi connectivity index (χ2v) is 5.48. The molecule has 1 saturated heterocycles. The zero-order valence-corrected chi connectivity index (χ0v) is 12.5. The molecule has 1 N–H and O–H groups in total. The molecule has 1 aliphatic heterocycles. The molecule has 0 radical (unpaired) electrons. The molecule has 1 aromatic heterocycles. The summed E-state index contributed by atoms with van der Waals surface area (Å²) in [6.07, 6.45) is 4.34. The van der Waals surface area contributed by atoms with E-state index in [9.17, 15) is 4.79 Å². The summed E-state index contributed by atoms with van der Waals surface area (Å²) in [7, 11) is 3.57. The number of hydrogen-bond acceptors (Lipinski definition) is 3. The summed E-state index contributed by atoms with van der Waals surface area (Å²) >= 11 is 0. The quantitative estimate of drug-likeness (QED) is 0.851. The van der Waals surface area contributed by atoms with Crippen molar-refractivity contribution in [3.63, 3.8) is 0 Å². The molecular formula is C15H25N3O2. The van der Waals surface area contributed by atoms with E-state index < -0.39 is 0 Å². The van der Waals surface area contributed by atoms with Crippen molar-refractivity contribution in [2.24, 2.45) is 5.92 Å². The first-order valence-electron chi connectivity index (χ1n) is 7.32. The molecule has 2 heterocycles. The number of nitrogens with zero attached hydrogens (tertiary/aromatic N) is 2. The van der Waals surface area contributed by atoms with Crippen molar-refractivity contribution in [1.82, 2.24) is 14.8 Å². The number of methoxy groups -OCH3 is 1. The van der Waals surface area contributed by atoms with Gasteiger partial charge in [-0.15, -0.1) is 0 Å². The van der Waals surface area contributed by atoms with Crippen LogP contribution in [0.4, 0.5) is 0 Å². The largest absolute Gasteiger partial charge is 0.383 e. The van der Waals surface area contributed by atoms with Gasteiger partial charge in [-0.1, -0.05) is 0 Å². The predicted octanol–water partition coefficient (Wildman–Crippen LogP) is 1.21. The van der Waals surface area contributed by atoms with Gasteiger partial charge in [-0.05, 0) is 44.0 Å². The molecule has 0 bridgehead atoms. The standard InChI is InChI=1S/C15H25N3O2/c1-17(12-13-5-3-7-16-11-13)15(19)14-6-4-8-18(14)9-10-20-2/h4,6,8,13,16H,3,5,7,9-12H2,1-2H3. The fourth-order valence-corrected chi connectivity index (χ4v) is 2.74. The lowest BCUT2D eigenvalue weighted by Crippen LogP contribution is -2.39. The Kier molecular flexibility index (Phi) is 5.61. The van der Waals surface area contributed by atoms with Crippen LogP contribution < -0.4 is 5.32 Å². The summed E-state index contributed by atoms with van der Waals surface area (Å²) in [5, 5.41) is 3.39. The number of carbonyl (C=O) groups excluding carboxylic acids is 1. The fraction of sp³-hybridized carbons (Fsp3) is 0.667. The number of aromatic nitrogens is 1. The first-order chi connectivity index (χ1) is 9.72. The van der Waals surface area contributed by atoms with Crippen LogP contribution in [0.25, 0.3) is 0 Å². The Morgan fingerprint density at radius 3 is 3.15 bits per heavy atom. The summed E-state index contributed by atoms with van der Waals surface area (Å²) in [5.74, 6) is 0.664. The SMILES string of the molecule is COCCn1cccc1C(=O)N(C)CC1CCCNC1. The van der Waals surface area contributed by atoms with Crippen LogP contribution in [0.1, 0.15) is 23.3 Å². The van der Waals surface area contributed by atoms with E-state index in [1.54, 1.807) is 7.11 Å². The van der Waals surface area contributed by atoms with E-state index >= 15 is 0 Å². The number of ether oxygens (including phenoxy) is 1. The third-order valence-corrected chi connectivity index (χ3v) is 3.86. The summed E-state index contributed by atoms with van der Waals surface area (Å²) in [6.45, 7) is 4.27. The minimum Gasteiger partial charge on any atom is -0.383 e. The molecule has 1 amide bonds. The predicted molar refractivity (Wildman–Crippen MR) is 78.9 cm³/mol. The van der Waals surface area contributed by atoms with E-state index in [4.69, 9.17) is 4.74 Å². The lowest BCUT2D eigenvalue weighted by molar-refractivity contribution is 0.0751. The average Bonchev–Trinajstić information content (AvgIpc) is 2.93. The number of rotatable bonds is 6. The molecule has 1 aromatic rings. The third kappa shape index (κ3) is 3.84. The van der Waals surface area contributed by atoms with Gasteiger partial charge in [0.2, 0.25) is 0 Å². The second kappa shape index (κ2) is 7.45. The highest BCUT2D eigenvalue weighted by molar-refractivity contribution is 5.92. The smallest absolute Gasteiger partial charge is 0.270 e. The van der Waals surface area contributed by atoms with Crippen LogP contribution in [0.2, 0.25) is 0 Å². The van der Waals surface area contributed by atoms with Crippen LogP contribution in [0.5, 0.6) is 0 Å². The van der Waals surface area contributed by atoms with Crippen molar-refractivity contribution in [3.8, 4) is 0 Å². The maximum absolute atomic E-state index is 12.5. The molecule has 1 fully saturated rings. The summed E-state index contributed by atoms with van der Waals surface area (Å²) < 4.78 is 7.04. The Bertz CT molecular complexity index is 425. The molecule has 1 unspecified atom stereocenters. The number of piperidine rings is 1. The molecule has 0 aromatic carbocycles. The van der Waals surface area contributed by atoms with Gasteiger partial charge in [0.1, 0.15) is 5.69 Å². The Morgan fingerprint density at radius 1 is 1.60 bits per heavy atom. The molecule has 0 saturated carbocycles. The highest BCUT2D eigenvalue weighted by Crippen LogP contribution is 2.13. The number of carbonyl (C=O) groups is 1. The minimum atomic E-state index is 0.0941. The third-order valence-electron chi connectivity index (χ3n) is 3.86. The van der Waals surface area contributed by atoms with E-state index in [0.717, 1.165) is 25.3 Å². The van der Waals surface area contributed by atoms with Gasteiger partial charge in [-0.2, -0.15) is 0 Å². The molecule has 1 aliphatic rings. The van der Waals surface area contributed by atoms with Gasteiger partial charge in [0.15, 0.2) is 0 Å². The Hall–Kier alpha value is -1.33. The summed E-state index contributed by atoms with van der Waals surface area (Å²) in [6, 6.07) is 3.80. The molecule has 2 rings (SSSR count). The van der Waals surface area contributed by atoms with E-state index in [0.29, 0.717) is 19.1 Å². The molecule has 112 valence electrons. The molecule has 5 nitrogen and oxygen atoms in total. The molecule has 0 aliphatic carbocycles. The van der Waals surface area contributed by atoms with Crippen LogP contribution in [0, 0.1) is 5.92 Å². The van der Waals surface area contributed by atoms with Gasteiger partial charge in [0, 0.05) is 33.4 Å². The van der Waals surface area contributed by atoms with Crippen LogP contribution in [-0.2, 0) is 11.3 Å². The lowest BCUT2D eigenvalue weighted by atomic mass is 9.99. The molecule has 20 heavy (non-hydrogen) atoms. The highest BCUT2D eigenvalue weighted by atomic mass is 16.5. The molecular weight excluding hydrogens is 254 g/mol. The molecule has 1 atom stereocenters. The van der Waals surface area contributed by atoms with E-state index in [-0.39, 0.29) is 5.91 Å². The first kappa shape index (κ1) is 15.1. The van der Waals surface area contributed by atoms with Crippen LogP contribution in [0.3, 0.4) is 0 Å². The highest BCUT2D eigenvalue weighted by Gasteiger charge is 2.20. The van der Waals surface area contributed by atoms with E-state index in [2.05, 4.69) is 5.32 Å². The molecule has 5 heteroatoms. The van der Waals surface area contributed by atoms with E-state index in [1.807, 2.05) is 34.8 Å². The Balaban J connectivity index is 1.93. The van der Waals surface area contributed by atoms with Gasteiger partial charge in [-0.25, -0.2) is 0 Å². The summed E-state index contributed by atoms with van der Waals surface area (Å²) in [5.41, 5.74) is 0.744. The maximum Gasteiger partial charge on any atom is 0.270 e. The maximum atomic E-state index is 12.5. The van der Waals surface area contributed by atoms with E-state index in [1.165, 1.54) is 12.8 Å². The monoisotopic (exact) mass is 279 g/mol. The van der Waals surface area contributed by atoms with Crippen molar-refractivity contribution in [2.45, 2.75) is 19.4 Å². The fourth-order valence-electron chi connectivity index (χ4n) is 2.74. The van der Waals surface area contributed by atoms with Crippen molar-refractivity contribution in [3.05, 3.63) is 24.0 Å². The zero-order chi connectivity index (χ0) is 14.4. The zero-order valence-electron chi connectivity index (χ0n) is 12.5. The van der Waals surface area contributed by atoms with Gasteiger partial charge in [-0.3, -0.25) is 4.79 Å². The first-order valence-corrected chi connectivity index (χ1v) is 7.32. The second-order valence-electron chi connectivity index (χ2n) is 5.48. The van der Waals surface area contributed by atoms with Gasteiger partial charge < -0.3 is 19.5 Å². The summed E-state index contributed by atoms with van der Waals surface area (Å²) in [4.78, 5) is 14.4. The Labute approximate surface area is 120 Å². The Morgan fingerprint density at radius 2 is 2.45 bits per heavy atom. The van der Waals surface area contributed by atoms with Crippen LogP contribution in [0.15, 0.2) is 18.3 Å². The van der Waals surface area contributed by atoms with Crippen molar-refractivity contribution >= 4 is 5.91 Å². The normalized spacial score (nSPS) is 19.0. The number of amides is 1. The van der Waals surface area contributed by atoms with Crippen molar-refractivity contribution in [1.29, 1.82) is 0 Å². The molecule has 0 spiro atoms. The number of nitrogens with one attached hydrogen (secondary N) is 1. The lowest BCUT2D eigenvalue weighted by Gasteiger charge is -2.27. The van der Waals surface area contributed by atoms with Crippen molar-refractivity contribution in [2.75, 3.05) is 40.4 Å². The minimum absolute atomic E-state index is 0.0941. The van der Waals surface area contributed by atoms with Crippen LogP contribution >= 0.6 is 0 Å². The van der Waals surface area contributed by atoms with Gasteiger partial charge in [0.05, 0.1) is 6.61 Å².